The van der Waals surface area contributed by atoms with Gasteiger partial charge in [0.1, 0.15) is 0 Å². The topological polar surface area (TPSA) is 98.7 Å². The Kier molecular flexibility index (Phi) is 9.54. The minimum Gasteiger partial charge on any atom is -0.481 e. The summed E-state index contributed by atoms with van der Waals surface area (Å²) in [5, 5.41) is 14.4. The lowest BCUT2D eigenvalue weighted by molar-refractivity contribution is -0.136. The molecule has 2 aromatic rings. The van der Waals surface area contributed by atoms with E-state index in [1.165, 1.54) is 0 Å². The zero-order valence-corrected chi connectivity index (χ0v) is 22.8. The highest BCUT2D eigenvalue weighted by molar-refractivity contribution is 9.10. The zero-order valence-electron chi connectivity index (χ0n) is 21.2. The number of urea groups is 1. The van der Waals surface area contributed by atoms with Crippen LogP contribution in [0.2, 0.25) is 0 Å². The fraction of sp³-hybridized carbons (Fsp3) is 0.464. The molecule has 7 nitrogen and oxygen atoms in total. The number of nitrogens with one attached hydrogen (secondary N) is 2. The second kappa shape index (κ2) is 12.4. The number of carbonyl (C=O) groups excluding carboxylic acids is 2. The number of hydrogen-bond donors (Lipinski definition) is 3. The van der Waals surface area contributed by atoms with Gasteiger partial charge in [-0.3, -0.25) is 9.59 Å². The highest BCUT2D eigenvalue weighted by Crippen LogP contribution is 2.39. The minimum atomic E-state index is -0.955. The molecule has 0 unspecified atom stereocenters. The molecule has 0 saturated heterocycles. The van der Waals surface area contributed by atoms with Gasteiger partial charge >= 0.3 is 12.0 Å². The van der Waals surface area contributed by atoms with Crippen molar-refractivity contribution in [1.82, 2.24) is 10.2 Å². The lowest BCUT2D eigenvalue weighted by atomic mass is 9.71. The van der Waals surface area contributed by atoms with Gasteiger partial charge in [0, 0.05) is 34.9 Å². The van der Waals surface area contributed by atoms with Crippen molar-refractivity contribution in [1.29, 1.82) is 0 Å². The summed E-state index contributed by atoms with van der Waals surface area (Å²) < 4.78 is 0.949. The Bertz CT molecular complexity index is 1040. The summed E-state index contributed by atoms with van der Waals surface area (Å²) in [7, 11) is 0. The molecule has 1 aliphatic rings. The third-order valence-corrected chi connectivity index (χ3v) is 7.44. The summed E-state index contributed by atoms with van der Waals surface area (Å²) in [5.41, 5.74) is 2.39. The van der Waals surface area contributed by atoms with E-state index < -0.39 is 5.97 Å². The molecular weight excluding hydrogens is 522 g/mol. The number of anilines is 1. The molecule has 0 radical (unpaired) electrons. The molecule has 36 heavy (non-hydrogen) atoms. The Balaban J connectivity index is 1.71. The van der Waals surface area contributed by atoms with Crippen molar-refractivity contribution >= 4 is 39.5 Å². The van der Waals surface area contributed by atoms with E-state index in [4.69, 9.17) is 5.11 Å². The number of benzene rings is 2. The van der Waals surface area contributed by atoms with E-state index in [1.54, 1.807) is 12.1 Å². The van der Waals surface area contributed by atoms with Crippen molar-refractivity contribution in [2.24, 2.45) is 11.3 Å². The molecule has 0 aliphatic heterocycles. The van der Waals surface area contributed by atoms with Crippen LogP contribution in [-0.4, -0.2) is 40.5 Å². The third kappa shape index (κ3) is 8.08. The van der Waals surface area contributed by atoms with E-state index >= 15 is 0 Å². The molecule has 0 heterocycles. The summed E-state index contributed by atoms with van der Waals surface area (Å²) >= 11 is 3.43. The molecule has 3 rings (SSSR count). The van der Waals surface area contributed by atoms with Gasteiger partial charge in [-0.15, -0.1) is 0 Å². The van der Waals surface area contributed by atoms with Crippen LogP contribution >= 0.6 is 15.9 Å². The number of carboxylic acid groups (broad SMARTS) is 1. The molecule has 3 amide bonds. The van der Waals surface area contributed by atoms with E-state index in [2.05, 4.69) is 47.3 Å². The Morgan fingerprint density at radius 1 is 0.972 bits per heavy atom. The molecule has 2 aromatic carbocycles. The summed E-state index contributed by atoms with van der Waals surface area (Å²) in [5.74, 6) is -0.624. The van der Waals surface area contributed by atoms with Crippen LogP contribution in [0.4, 0.5) is 10.5 Å². The fourth-order valence-corrected chi connectivity index (χ4v) is 4.96. The van der Waals surface area contributed by atoms with Crippen LogP contribution in [0, 0.1) is 11.3 Å². The molecule has 1 fully saturated rings. The monoisotopic (exact) mass is 557 g/mol. The molecule has 0 atom stereocenters. The van der Waals surface area contributed by atoms with Crippen LogP contribution in [0.3, 0.4) is 0 Å². The standard InChI is InChI=1S/C28H36BrN3O4/c1-28(2,3)21-8-14-24(15-9-21)32(27(36)31-23-12-10-22(29)11-13-23)18-19-4-6-20(7-5-19)26(35)30-17-16-25(33)34/h4-7,10-13,21,24H,8-9,14-18H2,1-3H3,(H,30,35)(H,31,36)(H,33,34). The number of aliphatic carboxylic acids is 1. The van der Waals surface area contributed by atoms with Crippen molar-refractivity contribution in [3.8, 4) is 0 Å². The zero-order chi connectivity index (χ0) is 26.3. The van der Waals surface area contributed by atoms with Crippen molar-refractivity contribution in [2.45, 2.75) is 65.5 Å². The molecule has 1 saturated carbocycles. The average Bonchev–Trinajstić information content (AvgIpc) is 2.83. The van der Waals surface area contributed by atoms with Gasteiger partial charge in [0.05, 0.1) is 6.42 Å². The first-order valence-corrected chi connectivity index (χ1v) is 13.2. The maximum atomic E-state index is 13.4. The van der Waals surface area contributed by atoms with Gasteiger partial charge in [0.2, 0.25) is 0 Å². The first-order chi connectivity index (χ1) is 17.0. The number of carboxylic acids is 1. The fourth-order valence-electron chi connectivity index (χ4n) is 4.69. The predicted octanol–water partition coefficient (Wildman–Crippen LogP) is 6.29. The average molecular weight is 559 g/mol. The number of nitrogens with zero attached hydrogens (tertiary/aromatic N) is 1. The molecule has 3 N–H and O–H groups in total. The van der Waals surface area contributed by atoms with Gasteiger partial charge in [-0.05, 0) is 79.0 Å². The van der Waals surface area contributed by atoms with Crippen LogP contribution in [0.1, 0.15) is 68.8 Å². The number of amides is 3. The summed E-state index contributed by atoms with van der Waals surface area (Å²) in [6.07, 6.45) is 3.97. The third-order valence-electron chi connectivity index (χ3n) is 6.91. The Labute approximate surface area is 221 Å². The summed E-state index contributed by atoms with van der Waals surface area (Å²) in [4.78, 5) is 38.3. The predicted molar refractivity (Wildman–Crippen MR) is 145 cm³/mol. The quantitative estimate of drug-likeness (QED) is 0.355. The second-order valence-electron chi connectivity index (χ2n) is 10.5. The van der Waals surface area contributed by atoms with Crippen molar-refractivity contribution < 1.29 is 19.5 Å². The van der Waals surface area contributed by atoms with Gasteiger partial charge in [-0.2, -0.15) is 0 Å². The highest BCUT2D eigenvalue weighted by Gasteiger charge is 2.33. The first kappa shape index (κ1) is 27.7. The van der Waals surface area contributed by atoms with Gasteiger partial charge < -0.3 is 20.6 Å². The van der Waals surface area contributed by atoms with Crippen molar-refractivity contribution in [3.05, 3.63) is 64.1 Å². The minimum absolute atomic E-state index is 0.0805. The number of hydrogen-bond acceptors (Lipinski definition) is 3. The van der Waals surface area contributed by atoms with Crippen LogP contribution < -0.4 is 10.6 Å². The van der Waals surface area contributed by atoms with Crippen LogP contribution in [0.25, 0.3) is 0 Å². The van der Waals surface area contributed by atoms with Crippen molar-refractivity contribution in [3.63, 3.8) is 0 Å². The van der Waals surface area contributed by atoms with Crippen LogP contribution in [-0.2, 0) is 11.3 Å². The molecule has 8 heteroatoms. The smallest absolute Gasteiger partial charge is 0.322 e. The lowest BCUT2D eigenvalue weighted by Crippen LogP contribution is -2.45. The number of rotatable bonds is 8. The van der Waals surface area contributed by atoms with E-state index in [0.717, 1.165) is 41.4 Å². The normalized spacial score (nSPS) is 17.8. The molecule has 194 valence electrons. The van der Waals surface area contributed by atoms with Gasteiger partial charge in [-0.25, -0.2) is 4.79 Å². The van der Waals surface area contributed by atoms with Gasteiger partial charge in [-0.1, -0.05) is 48.8 Å². The van der Waals surface area contributed by atoms with Crippen LogP contribution in [0.5, 0.6) is 0 Å². The molecule has 0 spiro atoms. The van der Waals surface area contributed by atoms with E-state index in [-0.39, 0.29) is 36.4 Å². The van der Waals surface area contributed by atoms with E-state index in [0.29, 0.717) is 18.0 Å². The Hall–Kier alpha value is -2.87. The Morgan fingerprint density at radius 2 is 1.58 bits per heavy atom. The van der Waals surface area contributed by atoms with Crippen LogP contribution in [0.15, 0.2) is 53.0 Å². The SMILES string of the molecule is CC(C)(C)C1CCC(N(Cc2ccc(C(=O)NCCC(=O)O)cc2)C(=O)Nc2ccc(Br)cc2)CC1. The number of halogens is 1. The molecule has 1 aliphatic carbocycles. The van der Waals surface area contributed by atoms with Gasteiger partial charge in [0.15, 0.2) is 0 Å². The highest BCUT2D eigenvalue weighted by atomic mass is 79.9. The van der Waals surface area contributed by atoms with E-state index in [1.807, 2.05) is 41.3 Å². The van der Waals surface area contributed by atoms with E-state index in [9.17, 15) is 14.4 Å². The molecular formula is C28H36BrN3O4. The number of carbonyl (C=O) groups is 3. The summed E-state index contributed by atoms with van der Waals surface area (Å²) in [6.45, 7) is 7.38. The largest absolute Gasteiger partial charge is 0.481 e. The van der Waals surface area contributed by atoms with Crippen molar-refractivity contribution in [2.75, 3.05) is 11.9 Å². The summed E-state index contributed by atoms with van der Waals surface area (Å²) in [6, 6.07) is 14.7. The molecule has 0 bridgehead atoms. The molecule has 0 aromatic heterocycles. The van der Waals surface area contributed by atoms with Gasteiger partial charge in [0.25, 0.3) is 5.91 Å². The second-order valence-corrected chi connectivity index (χ2v) is 11.4. The lowest BCUT2D eigenvalue weighted by Gasteiger charge is -2.41. The Morgan fingerprint density at radius 3 is 2.14 bits per heavy atom. The maximum absolute atomic E-state index is 13.4. The maximum Gasteiger partial charge on any atom is 0.322 e. The first-order valence-electron chi connectivity index (χ1n) is 12.4.